The highest BCUT2D eigenvalue weighted by molar-refractivity contribution is 7.90. The maximum absolute atomic E-state index is 13.0. The van der Waals surface area contributed by atoms with Gasteiger partial charge in [-0.25, -0.2) is 21.9 Å². The minimum Gasteiger partial charge on any atom is -0.482 e. The third-order valence-corrected chi connectivity index (χ3v) is 5.46. The van der Waals surface area contributed by atoms with Gasteiger partial charge in [0.05, 0.1) is 12.1 Å². The van der Waals surface area contributed by atoms with Crippen molar-refractivity contribution in [1.29, 1.82) is 0 Å². The Kier molecular flexibility index (Phi) is 4.90. The molecule has 0 fully saturated rings. The van der Waals surface area contributed by atoms with Crippen LogP contribution in [0.3, 0.4) is 0 Å². The van der Waals surface area contributed by atoms with Gasteiger partial charge in [-0.15, -0.1) is 0 Å². The molecule has 0 radical (unpaired) electrons. The van der Waals surface area contributed by atoms with Crippen LogP contribution in [0.1, 0.15) is 10.4 Å². The minimum atomic E-state index is -3.93. The van der Waals surface area contributed by atoms with Gasteiger partial charge >= 0.3 is 5.97 Å². The highest BCUT2D eigenvalue weighted by atomic mass is 32.2. The molecule has 0 spiro atoms. The number of carbonyl (C=O) groups is 2. The molecule has 0 bridgehead atoms. The van der Waals surface area contributed by atoms with E-state index in [1.54, 1.807) is 6.07 Å². The maximum Gasteiger partial charge on any atom is 0.344 e. The second-order valence-electron chi connectivity index (χ2n) is 5.35. The zero-order valence-electron chi connectivity index (χ0n) is 13.4. The fourth-order valence-electron chi connectivity index (χ4n) is 2.44. The van der Waals surface area contributed by atoms with Crippen molar-refractivity contribution in [3.8, 4) is 5.75 Å². The number of hydrogen-bond donors (Lipinski definition) is 0. The molecule has 0 saturated carbocycles. The lowest BCUT2D eigenvalue weighted by atomic mass is 10.2. The van der Waals surface area contributed by atoms with Crippen molar-refractivity contribution >= 4 is 21.9 Å². The molecule has 0 aromatic heterocycles. The average Bonchev–Trinajstić information content (AvgIpc) is 2.81. The second kappa shape index (κ2) is 7.12. The Morgan fingerprint density at radius 2 is 1.88 bits per heavy atom. The van der Waals surface area contributed by atoms with Gasteiger partial charge in [0.15, 0.2) is 6.61 Å². The lowest BCUT2D eigenvalue weighted by Crippen LogP contribution is -2.34. The van der Waals surface area contributed by atoms with Crippen LogP contribution in [-0.4, -0.2) is 44.4 Å². The van der Waals surface area contributed by atoms with E-state index < -0.39 is 34.3 Å². The molecule has 1 aliphatic heterocycles. The van der Waals surface area contributed by atoms with Crippen LogP contribution in [-0.2, 0) is 19.6 Å². The van der Waals surface area contributed by atoms with E-state index in [2.05, 4.69) is 0 Å². The molecule has 136 valence electrons. The lowest BCUT2D eigenvalue weighted by Gasteiger charge is -2.15. The van der Waals surface area contributed by atoms with Crippen LogP contribution in [0.15, 0.2) is 53.4 Å². The molecule has 1 amide bonds. The molecule has 7 nitrogen and oxygen atoms in total. The van der Waals surface area contributed by atoms with Crippen LogP contribution < -0.4 is 4.74 Å². The number of fused-ring (bicyclic) bond motifs is 1. The van der Waals surface area contributed by atoms with E-state index in [0.29, 0.717) is 4.31 Å². The van der Waals surface area contributed by atoms with Crippen LogP contribution in [0.4, 0.5) is 4.39 Å². The number of esters is 1. The van der Waals surface area contributed by atoms with Crippen molar-refractivity contribution in [2.45, 2.75) is 4.90 Å². The number of nitrogens with zero attached hydrogens (tertiary/aromatic N) is 1. The Balaban J connectivity index is 1.52. The van der Waals surface area contributed by atoms with Gasteiger partial charge in [-0.1, -0.05) is 18.2 Å². The van der Waals surface area contributed by atoms with Gasteiger partial charge in [0, 0.05) is 6.07 Å². The van der Waals surface area contributed by atoms with Crippen LogP contribution in [0.2, 0.25) is 0 Å². The Morgan fingerprint density at radius 1 is 1.12 bits per heavy atom. The fourth-order valence-corrected chi connectivity index (χ4v) is 3.99. The quantitative estimate of drug-likeness (QED) is 0.708. The highest BCUT2D eigenvalue weighted by Crippen LogP contribution is 2.29. The number of sulfonamides is 1. The fraction of sp³-hybridized carbons (Fsp3) is 0.176. The summed E-state index contributed by atoms with van der Waals surface area (Å²) in [6.07, 6.45) is 0. The number of rotatable bonds is 6. The number of halogens is 1. The third-order valence-electron chi connectivity index (χ3n) is 3.62. The molecule has 0 unspecified atom stereocenters. The Labute approximate surface area is 149 Å². The van der Waals surface area contributed by atoms with E-state index in [1.165, 1.54) is 36.4 Å². The minimum absolute atomic E-state index is 0.0641. The third kappa shape index (κ3) is 3.52. The average molecular weight is 379 g/mol. The number of ether oxygens (including phenoxy) is 2. The van der Waals surface area contributed by atoms with Crippen molar-refractivity contribution in [1.82, 2.24) is 4.31 Å². The molecule has 1 aliphatic rings. The first kappa shape index (κ1) is 17.9. The van der Waals surface area contributed by atoms with Crippen molar-refractivity contribution in [2.24, 2.45) is 0 Å². The van der Waals surface area contributed by atoms with Crippen molar-refractivity contribution in [2.75, 3.05) is 19.8 Å². The molecule has 2 aromatic rings. The van der Waals surface area contributed by atoms with Crippen molar-refractivity contribution in [3.05, 3.63) is 59.9 Å². The number of hydrogen-bond acceptors (Lipinski definition) is 6. The first-order valence-electron chi connectivity index (χ1n) is 7.59. The Hall–Kier alpha value is -2.94. The summed E-state index contributed by atoms with van der Waals surface area (Å²) in [5, 5.41) is 0. The standard InChI is InChI=1S/C17H14FNO6S/c18-12-4-3-5-13(10-12)25-11-16(20)24-9-8-19-17(21)14-6-1-2-7-15(14)26(19,22)23/h1-7,10H,8-9,11H2. The molecule has 2 aromatic carbocycles. The lowest BCUT2D eigenvalue weighted by molar-refractivity contribution is -0.146. The molecule has 0 N–H and O–H groups in total. The summed E-state index contributed by atoms with van der Waals surface area (Å²) in [6, 6.07) is 11.1. The number of amides is 1. The predicted octanol–water partition coefficient (Wildman–Crippen LogP) is 1.59. The van der Waals surface area contributed by atoms with Gasteiger partial charge in [0.1, 0.15) is 23.1 Å². The number of carbonyl (C=O) groups excluding carboxylic acids is 2. The van der Waals surface area contributed by atoms with E-state index in [0.717, 1.165) is 6.07 Å². The summed E-state index contributed by atoms with van der Waals surface area (Å²) in [7, 11) is -3.93. The summed E-state index contributed by atoms with van der Waals surface area (Å²) in [5.41, 5.74) is 0.0910. The molecule has 26 heavy (non-hydrogen) atoms. The van der Waals surface area contributed by atoms with E-state index in [-0.39, 0.29) is 29.4 Å². The molecule has 1 heterocycles. The van der Waals surface area contributed by atoms with Gasteiger partial charge in [-0.2, -0.15) is 0 Å². The summed E-state index contributed by atoms with van der Waals surface area (Å²) in [5.74, 6) is -1.77. The molecule has 0 atom stereocenters. The molecule has 0 aliphatic carbocycles. The van der Waals surface area contributed by atoms with Gasteiger partial charge in [-0.3, -0.25) is 4.79 Å². The van der Waals surface area contributed by atoms with Gasteiger partial charge < -0.3 is 9.47 Å². The van der Waals surface area contributed by atoms with E-state index in [9.17, 15) is 22.4 Å². The monoisotopic (exact) mass is 379 g/mol. The Bertz CT molecular complexity index is 959. The number of benzene rings is 2. The van der Waals surface area contributed by atoms with Gasteiger partial charge in [0.25, 0.3) is 15.9 Å². The zero-order chi connectivity index (χ0) is 18.7. The van der Waals surface area contributed by atoms with Crippen LogP contribution in [0.5, 0.6) is 5.75 Å². The topological polar surface area (TPSA) is 90.0 Å². The molecular formula is C17H14FNO6S. The smallest absolute Gasteiger partial charge is 0.344 e. The van der Waals surface area contributed by atoms with Crippen LogP contribution in [0.25, 0.3) is 0 Å². The van der Waals surface area contributed by atoms with Crippen molar-refractivity contribution < 1.29 is 31.9 Å². The van der Waals surface area contributed by atoms with E-state index in [4.69, 9.17) is 9.47 Å². The second-order valence-corrected chi connectivity index (χ2v) is 7.18. The van der Waals surface area contributed by atoms with Crippen molar-refractivity contribution in [3.63, 3.8) is 0 Å². The molecular weight excluding hydrogens is 365 g/mol. The van der Waals surface area contributed by atoms with Gasteiger partial charge in [0.2, 0.25) is 0 Å². The van der Waals surface area contributed by atoms with Crippen LogP contribution >= 0.6 is 0 Å². The first-order valence-corrected chi connectivity index (χ1v) is 9.04. The highest BCUT2D eigenvalue weighted by Gasteiger charge is 2.40. The molecule has 9 heteroatoms. The zero-order valence-corrected chi connectivity index (χ0v) is 14.2. The van der Waals surface area contributed by atoms with E-state index in [1.807, 2.05) is 0 Å². The van der Waals surface area contributed by atoms with Crippen LogP contribution in [0, 0.1) is 5.82 Å². The summed E-state index contributed by atoms with van der Waals surface area (Å²) < 4.78 is 48.2. The summed E-state index contributed by atoms with van der Waals surface area (Å²) in [4.78, 5) is 23.8. The SMILES string of the molecule is O=C(COc1cccc(F)c1)OCCN1C(=O)c2ccccc2S1(=O)=O. The summed E-state index contributed by atoms with van der Waals surface area (Å²) >= 11 is 0. The van der Waals surface area contributed by atoms with E-state index >= 15 is 0 Å². The summed E-state index contributed by atoms with van der Waals surface area (Å²) in [6.45, 7) is -1.09. The maximum atomic E-state index is 13.0. The molecule has 3 rings (SSSR count). The Morgan fingerprint density at radius 3 is 2.62 bits per heavy atom. The van der Waals surface area contributed by atoms with Gasteiger partial charge in [-0.05, 0) is 24.3 Å². The largest absolute Gasteiger partial charge is 0.482 e. The molecule has 0 saturated heterocycles. The first-order chi connectivity index (χ1) is 12.4. The predicted molar refractivity (Wildman–Crippen MR) is 87.5 cm³/mol. The normalized spacial score (nSPS) is 14.8.